The molecule has 0 bridgehead atoms. The maximum atomic E-state index is 12.3. The van der Waals surface area contributed by atoms with Crippen molar-refractivity contribution in [2.45, 2.75) is 65.1 Å². The van der Waals surface area contributed by atoms with Crippen LogP contribution in [-0.4, -0.2) is 117 Å². The summed E-state index contributed by atoms with van der Waals surface area (Å²) in [4.78, 5) is 14.4. The number of nitrogens with zero attached hydrogens (tertiary/aromatic N) is 1. The van der Waals surface area contributed by atoms with Gasteiger partial charge in [0.25, 0.3) is 0 Å². The number of carbonyl (C=O) groups is 1. The number of benzene rings is 1. The molecule has 1 atom stereocenters. The first kappa shape index (κ1) is 37.2. The zero-order valence-corrected chi connectivity index (χ0v) is 25.3. The van der Waals surface area contributed by atoms with Crippen molar-refractivity contribution in [2.24, 2.45) is 0 Å². The quantitative estimate of drug-likeness (QED) is 0.0559. The smallest absolute Gasteiger partial charge is 0.220 e. The number of rotatable bonds is 25. The first-order valence-corrected chi connectivity index (χ1v) is 14.7. The van der Waals surface area contributed by atoms with Crippen molar-refractivity contribution in [1.29, 1.82) is 0 Å². The number of hydrogen-bond acceptors (Lipinski definition) is 11. The lowest BCUT2D eigenvalue weighted by atomic mass is 10.1. The van der Waals surface area contributed by atoms with Gasteiger partial charge in [0.2, 0.25) is 5.91 Å². The number of amides is 1. The second-order valence-corrected chi connectivity index (χ2v) is 10.8. The molecule has 0 aromatic heterocycles. The standard InChI is InChI=1S/C29H55N5O7/c1-29(2,3)41-15-5-7-30-8-10-33-28(39)21-31-9-11-32-27(38)6-4-12-34(13-16-40-17-14-35)26-19-24(22-36)18-25(20-26)23-37/h18-20,28,30-31,33,35-37,39H,4-17,21-23H2,1-3H3,(H,32,38). The van der Waals surface area contributed by atoms with Crippen LogP contribution < -0.4 is 26.2 Å². The number of ether oxygens (including phenoxy) is 2. The van der Waals surface area contributed by atoms with Crippen LogP contribution in [0, 0.1) is 0 Å². The van der Waals surface area contributed by atoms with E-state index in [1.807, 2.05) is 32.9 Å². The van der Waals surface area contributed by atoms with E-state index in [1.165, 1.54) is 0 Å². The molecule has 41 heavy (non-hydrogen) atoms. The molecular formula is C29H55N5O7. The molecular weight excluding hydrogens is 530 g/mol. The first-order chi connectivity index (χ1) is 19.7. The summed E-state index contributed by atoms with van der Waals surface area (Å²) < 4.78 is 11.1. The van der Waals surface area contributed by atoms with E-state index in [0.717, 1.165) is 31.8 Å². The molecule has 0 fully saturated rings. The van der Waals surface area contributed by atoms with Gasteiger partial charge < -0.3 is 50.8 Å². The van der Waals surface area contributed by atoms with Crippen LogP contribution in [0.15, 0.2) is 18.2 Å². The van der Waals surface area contributed by atoms with Crippen molar-refractivity contribution >= 4 is 11.6 Å². The Bertz CT molecular complexity index is 788. The average molecular weight is 586 g/mol. The zero-order valence-electron chi connectivity index (χ0n) is 25.3. The van der Waals surface area contributed by atoms with Crippen molar-refractivity contribution in [3.63, 3.8) is 0 Å². The normalized spacial score (nSPS) is 12.5. The SMILES string of the molecule is CC(C)(C)OCCCNCCNC(O)CNCCNC(=O)CCCN(CCOCCO)c1cc(CO)cc(CO)c1. The molecule has 0 saturated carbocycles. The van der Waals surface area contributed by atoms with Crippen LogP contribution >= 0.6 is 0 Å². The van der Waals surface area contributed by atoms with Gasteiger partial charge in [0.15, 0.2) is 0 Å². The van der Waals surface area contributed by atoms with E-state index in [9.17, 15) is 20.1 Å². The Balaban J connectivity index is 2.22. The number of aliphatic hydroxyl groups excluding tert-OH is 4. The largest absolute Gasteiger partial charge is 0.394 e. The molecule has 12 nitrogen and oxygen atoms in total. The van der Waals surface area contributed by atoms with Gasteiger partial charge in [0.05, 0.1) is 38.6 Å². The number of nitrogens with one attached hydrogen (secondary N) is 4. The average Bonchev–Trinajstić information content (AvgIpc) is 2.94. The highest BCUT2D eigenvalue weighted by atomic mass is 16.5. The third-order valence-electron chi connectivity index (χ3n) is 6.02. The van der Waals surface area contributed by atoms with Gasteiger partial charge in [-0.2, -0.15) is 0 Å². The maximum Gasteiger partial charge on any atom is 0.220 e. The fraction of sp³-hybridized carbons (Fsp3) is 0.759. The molecule has 1 aromatic carbocycles. The number of carbonyl (C=O) groups excluding carboxylic acids is 1. The summed E-state index contributed by atoms with van der Waals surface area (Å²) in [7, 11) is 0. The van der Waals surface area contributed by atoms with Crippen LogP contribution in [0.2, 0.25) is 0 Å². The van der Waals surface area contributed by atoms with E-state index < -0.39 is 6.23 Å². The van der Waals surface area contributed by atoms with Crippen LogP contribution in [0.1, 0.15) is 51.2 Å². The number of aliphatic hydroxyl groups is 4. The monoisotopic (exact) mass is 585 g/mol. The lowest BCUT2D eigenvalue weighted by Crippen LogP contribution is -2.43. The van der Waals surface area contributed by atoms with Crippen molar-refractivity contribution in [2.75, 3.05) is 83.7 Å². The molecule has 1 aromatic rings. The van der Waals surface area contributed by atoms with Gasteiger partial charge >= 0.3 is 0 Å². The maximum absolute atomic E-state index is 12.3. The van der Waals surface area contributed by atoms with E-state index in [-0.39, 0.29) is 37.9 Å². The Hall–Kier alpha value is -1.87. The van der Waals surface area contributed by atoms with Crippen molar-refractivity contribution in [3.05, 3.63) is 29.3 Å². The molecule has 1 unspecified atom stereocenters. The second-order valence-electron chi connectivity index (χ2n) is 10.8. The molecule has 0 saturated heterocycles. The predicted octanol–water partition coefficient (Wildman–Crippen LogP) is -0.325. The zero-order chi connectivity index (χ0) is 30.3. The molecule has 1 rings (SSSR count). The Labute approximate surface area is 245 Å². The number of anilines is 1. The van der Waals surface area contributed by atoms with Gasteiger partial charge in [-0.25, -0.2) is 0 Å². The topological polar surface area (TPSA) is 168 Å². The van der Waals surface area contributed by atoms with E-state index >= 15 is 0 Å². The molecule has 0 spiro atoms. The molecule has 0 aliphatic rings. The van der Waals surface area contributed by atoms with Crippen molar-refractivity contribution in [3.8, 4) is 0 Å². The first-order valence-electron chi connectivity index (χ1n) is 14.7. The van der Waals surface area contributed by atoms with Gasteiger partial charge in [-0.1, -0.05) is 6.07 Å². The minimum Gasteiger partial charge on any atom is -0.394 e. The van der Waals surface area contributed by atoms with Crippen LogP contribution in [-0.2, 0) is 27.5 Å². The minimum atomic E-state index is -0.667. The van der Waals surface area contributed by atoms with Gasteiger partial charge in [0.1, 0.15) is 6.23 Å². The van der Waals surface area contributed by atoms with E-state index in [1.54, 1.807) is 6.07 Å². The van der Waals surface area contributed by atoms with Crippen LogP contribution in [0.4, 0.5) is 5.69 Å². The molecule has 0 aliphatic carbocycles. The summed E-state index contributed by atoms with van der Waals surface area (Å²) in [5, 5.41) is 50.5. The van der Waals surface area contributed by atoms with Crippen LogP contribution in [0.25, 0.3) is 0 Å². The number of hydrogen-bond donors (Lipinski definition) is 8. The highest BCUT2D eigenvalue weighted by molar-refractivity contribution is 5.75. The van der Waals surface area contributed by atoms with Gasteiger partial charge in [-0.3, -0.25) is 10.1 Å². The molecule has 0 heterocycles. The third kappa shape index (κ3) is 19.8. The van der Waals surface area contributed by atoms with Crippen LogP contribution in [0.5, 0.6) is 0 Å². The minimum absolute atomic E-state index is 0.0503. The lowest BCUT2D eigenvalue weighted by Gasteiger charge is -2.26. The lowest BCUT2D eigenvalue weighted by molar-refractivity contribution is -0.121. The van der Waals surface area contributed by atoms with E-state index in [4.69, 9.17) is 14.6 Å². The summed E-state index contributed by atoms with van der Waals surface area (Å²) in [6, 6.07) is 5.48. The van der Waals surface area contributed by atoms with Crippen molar-refractivity contribution in [1.82, 2.24) is 21.3 Å². The van der Waals surface area contributed by atoms with Crippen molar-refractivity contribution < 1.29 is 34.7 Å². The summed E-state index contributed by atoms with van der Waals surface area (Å²) >= 11 is 0. The van der Waals surface area contributed by atoms with Gasteiger partial charge in [-0.05, 0) is 63.4 Å². The second kappa shape index (κ2) is 22.7. The van der Waals surface area contributed by atoms with Gasteiger partial charge in [0, 0.05) is 64.5 Å². The highest BCUT2D eigenvalue weighted by Gasteiger charge is 2.12. The highest BCUT2D eigenvalue weighted by Crippen LogP contribution is 2.20. The Morgan fingerprint density at radius 2 is 1.59 bits per heavy atom. The van der Waals surface area contributed by atoms with Crippen LogP contribution in [0.3, 0.4) is 0 Å². The molecule has 0 radical (unpaired) electrons. The fourth-order valence-corrected chi connectivity index (χ4v) is 3.97. The van der Waals surface area contributed by atoms with Gasteiger partial charge in [-0.15, -0.1) is 0 Å². The summed E-state index contributed by atoms with van der Waals surface area (Å²) in [6.07, 6.45) is 1.23. The van der Waals surface area contributed by atoms with E-state index in [0.29, 0.717) is 69.8 Å². The predicted molar refractivity (Wildman–Crippen MR) is 161 cm³/mol. The molecule has 0 aliphatic heterocycles. The van der Waals surface area contributed by atoms with E-state index in [2.05, 4.69) is 26.2 Å². The Kier molecular flexibility index (Phi) is 20.6. The summed E-state index contributed by atoms with van der Waals surface area (Å²) in [6.45, 7) is 12.0. The Morgan fingerprint density at radius 3 is 2.24 bits per heavy atom. The third-order valence-corrected chi connectivity index (χ3v) is 6.02. The summed E-state index contributed by atoms with van der Waals surface area (Å²) in [5.41, 5.74) is 2.13. The molecule has 1 amide bonds. The molecule has 12 heteroatoms. The molecule has 238 valence electrons. The Morgan fingerprint density at radius 1 is 0.878 bits per heavy atom. The fourth-order valence-electron chi connectivity index (χ4n) is 3.97. The summed E-state index contributed by atoms with van der Waals surface area (Å²) in [5.74, 6) is -0.0546. The molecule has 8 N–H and O–H groups in total.